The van der Waals surface area contributed by atoms with E-state index in [1.807, 2.05) is 27.7 Å². The van der Waals surface area contributed by atoms with Gasteiger partial charge in [-0.15, -0.1) is 5.10 Å². The lowest BCUT2D eigenvalue weighted by Crippen LogP contribution is -2.52. The van der Waals surface area contributed by atoms with Gasteiger partial charge in [0.05, 0.1) is 11.7 Å². The summed E-state index contributed by atoms with van der Waals surface area (Å²) in [7, 11) is 0. The zero-order valence-electron chi connectivity index (χ0n) is 18.7. The molecule has 1 aromatic heterocycles. The van der Waals surface area contributed by atoms with Crippen molar-refractivity contribution in [1.29, 1.82) is 0 Å². The molecule has 2 amide bonds. The van der Waals surface area contributed by atoms with Crippen molar-refractivity contribution in [1.82, 2.24) is 30.4 Å². The van der Waals surface area contributed by atoms with Crippen LogP contribution in [0.2, 0.25) is 5.02 Å². The molecular formula is C22H29ClN6O3. The first-order chi connectivity index (χ1) is 15.0. The van der Waals surface area contributed by atoms with Crippen molar-refractivity contribution in [2.24, 2.45) is 10.8 Å². The Labute approximate surface area is 192 Å². The summed E-state index contributed by atoms with van der Waals surface area (Å²) >= 11 is 6.22. The number of aliphatic hydroxyl groups excluding tert-OH is 1. The summed E-state index contributed by atoms with van der Waals surface area (Å²) in [5.74, 6) is -0.621. The second kappa shape index (κ2) is 8.12. The number of tetrazole rings is 1. The van der Waals surface area contributed by atoms with Gasteiger partial charge in [0.15, 0.2) is 0 Å². The SMILES string of the molecule is CC(NC(=O)[C@@H]1CC2(CC2)CN1C(=O)[C@H](O)C(C)(C)C)c1cc(Cl)ccc1-n1cnnn1. The van der Waals surface area contributed by atoms with Crippen LogP contribution >= 0.6 is 11.6 Å². The molecule has 0 radical (unpaired) electrons. The molecule has 2 N–H and O–H groups in total. The van der Waals surface area contributed by atoms with Crippen LogP contribution in [-0.4, -0.2) is 60.7 Å². The normalized spacial score (nSPS) is 21.4. The lowest BCUT2D eigenvalue weighted by molar-refractivity contribution is -0.150. The highest BCUT2D eigenvalue weighted by molar-refractivity contribution is 6.30. The van der Waals surface area contributed by atoms with Gasteiger partial charge in [0.25, 0.3) is 5.91 Å². The predicted molar refractivity (Wildman–Crippen MR) is 118 cm³/mol. The van der Waals surface area contributed by atoms with E-state index in [1.54, 1.807) is 23.1 Å². The van der Waals surface area contributed by atoms with Gasteiger partial charge in [-0.3, -0.25) is 9.59 Å². The molecule has 1 aromatic carbocycles. The van der Waals surface area contributed by atoms with E-state index in [0.29, 0.717) is 23.7 Å². The molecule has 9 nitrogen and oxygen atoms in total. The molecule has 1 aliphatic heterocycles. The maximum absolute atomic E-state index is 13.3. The molecule has 2 heterocycles. The van der Waals surface area contributed by atoms with Crippen molar-refractivity contribution in [3.63, 3.8) is 0 Å². The van der Waals surface area contributed by atoms with Crippen LogP contribution in [-0.2, 0) is 9.59 Å². The number of amides is 2. The molecule has 1 saturated carbocycles. The maximum Gasteiger partial charge on any atom is 0.252 e. The maximum atomic E-state index is 13.3. The number of aliphatic hydroxyl groups is 1. The smallest absolute Gasteiger partial charge is 0.252 e. The molecule has 172 valence electrons. The van der Waals surface area contributed by atoms with Crippen molar-refractivity contribution in [2.75, 3.05) is 6.54 Å². The molecule has 2 aliphatic rings. The third-order valence-electron chi connectivity index (χ3n) is 6.52. The lowest BCUT2D eigenvalue weighted by atomic mass is 9.88. The number of nitrogens with zero attached hydrogens (tertiary/aromatic N) is 5. The van der Waals surface area contributed by atoms with Gasteiger partial charge in [-0.2, -0.15) is 0 Å². The second-order valence-corrected chi connectivity index (χ2v) is 10.6. The summed E-state index contributed by atoms with van der Waals surface area (Å²) in [6, 6.07) is 4.28. The number of hydrogen-bond acceptors (Lipinski definition) is 6. The Kier molecular flexibility index (Phi) is 5.75. The molecule has 4 rings (SSSR count). The molecule has 0 bridgehead atoms. The highest BCUT2D eigenvalue weighted by Gasteiger charge is 2.56. The van der Waals surface area contributed by atoms with E-state index >= 15 is 0 Å². The van der Waals surface area contributed by atoms with Crippen LogP contribution in [0.3, 0.4) is 0 Å². The number of carbonyl (C=O) groups is 2. The van der Waals surface area contributed by atoms with Crippen molar-refractivity contribution < 1.29 is 14.7 Å². The Morgan fingerprint density at radius 1 is 1.31 bits per heavy atom. The quantitative estimate of drug-likeness (QED) is 0.707. The number of hydrogen-bond donors (Lipinski definition) is 2. The molecule has 32 heavy (non-hydrogen) atoms. The number of aromatic nitrogens is 4. The van der Waals surface area contributed by atoms with Crippen molar-refractivity contribution in [3.8, 4) is 5.69 Å². The molecule has 2 aromatic rings. The third-order valence-corrected chi connectivity index (χ3v) is 6.75. The van der Waals surface area contributed by atoms with E-state index in [9.17, 15) is 14.7 Å². The number of likely N-dealkylation sites (tertiary alicyclic amines) is 1. The Bertz CT molecular complexity index is 1020. The minimum Gasteiger partial charge on any atom is -0.383 e. The lowest BCUT2D eigenvalue weighted by Gasteiger charge is -2.32. The van der Waals surface area contributed by atoms with E-state index in [2.05, 4.69) is 20.8 Å². The van der Waals surface area contributed by atoms with E-state index in [4.69, 9.17) is 11.6 Å². The molecule has 3 atom stereocenters. The Balaban J connectivity index is 1.55. The zero-order valence-corrected chi connectivity index (χ0v) is 19.5. The number of halogens is 1. The van der Waals surface area contributed by atoms with E-state index < -0.39 is 23.6 Å². The van der Waals surface area contributed by atoms with E-state index in [-0.39, 0.29) is 17.2 Å². The zero-order chi connectivity index (χ0) is 23.3. The number of benzene rings is 1. The fraction of sp³-hybridized carbons (Fsp3) is 0.591. The van der Waals surface area contributed by atoms with Crippen LogP contribution in [0, 0.1) is 10.8 Å². The van der Waals surface area contributed by atoms with Gasteiger partial charge >= 0.3 is 0 Å². The minimum absolute atomic E-state index is 0.00608. The highest BCUT2D eigenvalue weighted by Crippen LogP contribution is 2.55. The Morgan fingerprint density at radius 3 is 2.62 bits per heavy atom. The fourth-order valence-electron chi connectivity index (χ4n) is 4.33. The minimum atomic E-state index is -1.16. The third kappa shape index (κ3) is 4.36. The predicted octanol–water partition coefficient (Wildman–Crippen LogP) is 2.28. The first kappa shape index (κ1) is 22.7. The standard InChI is InChI=1S/C22H29ClN6O3/c1-13(15-9-14(23)5-6-16(15)29-12-24-26-27-29)25-19(31)17-10-22(7-8-22)11-28(17)20(32)18(30)21(2,3)4/h5-6,9,12-13,17-18,30H,7-8,10-11H2,1-4H3,(H,25,31)/t13?,17-,18-/m0/s1. The average Bonchev–Trinajstić information content (AvgIpc) is 3.13. The fourth-order valence-corrected chi connectivity index (χ4v) is 4.51. The Hall–Kier alpha value is -2.52. The molecule has 1 aliphatic carbocycles. The summed E-state index contributed by atoms with van der Waals surface area (Å²) < 4.78 is 1.51. The van der Waals surface area contributed by atoms with Gasteiger partial charge in [0.1, 0.15) is 18.5 Å². The molecular weight excluding hydrogens is 432 g/mol. The van der Waals surface area contributed by atoms with Gasteiger partial charge in [-0.05, 0) is 65.6 Å². The van der Waals surface area contributed by atoms with Gasteiger partial charge in [0, 0.05) is 17.1 Å². The first-order valence-corrected chi connectivity index (χ1v) is 11.2. The summed E-state index contributed by atoms with van der Waals surface area (Å²) in [4.78, 5) is 28.0. The second-order valence-electron chi connectivity index (χ2n) is 10.1. The van der Waals surface area contributed by atoms with Gasteiger partial charge in [-0.1, -0.05) is 32.4 Å². The summed E-state index contributed by atoms with van der Waals surface area (Å²) in [5.41, 5.74) is 0.858. The highest BCUT2D eigenvalue weighted by atomic mass is 35.5. The van der Waals surface area contributed by atoms with E-state index in [1.165, 1.54) is 11.0 Å². The van der Waals surface area contributed by atoms with E-state index in [0.717, 1.165) is 18.4 Å². The Morgan fingerprint density at radius 2 is 2.03 bits per heavy atom. The molecule has 1 unspecified atom stereocenters. The van der Waals surface area contributed by atoms with Crippen LogP contribution in [0.4, 0.5) is 0 Å². The summed E-state index contributed by atoms with van der Waals surface area (Å²) in [6.45, 7) is 7.81. The molecule has 1 saturated heterocycles. The largest absolute Gasteiger partial charge is 0.383 e. The van der Waals surface area contributed by atoms with Gasteiger partial charge < -0.3 is 15.3 Å². The van der Waals surface area contributed by atoms with Crippen molar-refractivity contribution in [3.05, 3.63) is 35.1 Å². The van der Waals surface area contributed by atoms with Gasteiger partial charge in [-0.25, -0.2) is 4.68 Å². The van der Waals surface area contributed by atoms with Gasteiger partial charge in [0.2, 0.25) is 5.91 Å². The van der Waals surface area contributed by atoms with Crippen molar-refractivity contribution in [2.45, 2.75) is 65.1 Å². The van der Waals surface area contributed by atoms with Crippen LogP contribution in [0.15, 0.2) is 24.5 Å². The molecule has 10 heteroatoms. The summed E-state index contributed by atoms with van der Waals surface area (Å²) in [5, 5.41) is 25.4. The topological polar surface area (TPSA) is 113 Å². The number of nitrogens with one attached hydrogen (secondary N) is 1. The monoisotopic (exact) mass is 460 g/mol. The number of rotatable bonds is 5. The molecule has 2 fully saturated rings. The van der Waals surface area contributed by atoms with Crippen molar-refractivity contribution >= 4 is 23.4 Å². The van der Waals surface area contributed by atoms with Crippen LogP contribution < -0.4 is 5.32 Å². The number of carbonyl (C=O) groups excluding carboxylic acids is 2. The van der Waals surface area contributed by atoms with Crippen LogP contribution in [0.1, 0.15) is 58.6 Å². The molecule has 1 spiro atoms. The average molecular weight is 461 g/mol. The van der Waals surface area contributed by atoms with Crippen LogP contribution in [0.25, 0.3) is 5.69 Å². The van der Waals surface area contributed by atoms with Crippen LogP contribution in [0.5, 0.6) is 0 Å². The summed E-state index contributed by atoms with van der Waals surface area (Å²) in [6.07, 6.45) is 2.93. The first-order valence-electron chi connectivity index (χ1n) is 10.8.